The number of carbonyl (C=O) groups is 1. The lowest BCUT2D eigenvalue weighted by Crippen LogP contribution is -2.43. The van der Waals surface area contributed by atoms with Crippen LogP contribution in [0.2, 0.25) is 0 Å². The number of amides is 1. The summed E-state index contributed by atoms with van der Waals surface area (Å²) < 4.78 is 2.16. The van der Waals surface area contributed by atoms with Gasteiger partial charge in [-0.05, 0) is 44.3 Å². The maximum Gasteiger partial charge on any atom is 0.223 e. The molecule has 0 aromatic carbocycles. The van der Waals surface area contributed by atoms with E-state index in [1.807, 2.05) is 11.1 Å². The van der Waals surface area contributed by atoms with Gasteiger partial charge >= 0.3 is 0 Å². The number of rotatable bonds is 5. The van der Waals surface area contributed by atoms with Gasteiger partial charge in [-0.15, -0.1) is 0 Å². The average Bonchev–Trinajstić information content (AvgIpc) is 3.01. The van der Waals surface area contributed by atoms with Crippen LogP contribution in [0.15, 0.2) is 12.3 Å². The quantitative estimate of drug-likeness (QED) is 0.838. The second-order valence-electron chi connectivity index (χ2n) is 7.48. The third-order valence-corrected chi connectivity index (χ3v) is 5.04. The first-order valence-electron chi connectivity index (χ1n) is 9.16. The van der Waals surface area contributed by atoms with E-state index in [2.05, 4.69) is 34.6 Å². The molecule has 0 N–H and O–H groups in total. The Bertz CT molecular complexity index is 519. The number of hydrogen-bond acceptors (Lipinski definition) is 3. The SMILES string of the molecule is CC(C)CC(=O)N1Cc2ccnn2[C@@H](CCN2CCCCC2)C1. The predicted molar refractivity (Wildman–Crippen MR) is 91.0 cm³/mol. The van der Waals surface area contributed by atoms with E-state index in [0.29, 0.717) is 24.9 Å². The van der Waals surface area contributed by atoms with Gasteiger partial charge in [0.25, 0.3) is 0 Å². The minimum atomic E-state index is 0.287. The molecule has 1 atom stereocenters. The molecule has 1 aromatic heterocycles. The van der Waals surface area contributed by atoms with Crippen molar-refractivity contribution < 1.29 is 4.79 Å². The smallest absolute Gasteiger partial charge is 0.223 e. The fraction of sp³-hybridized carbons (Fsp3) is 0.778. The van der Waals surface area contributed by atoms with Gasteiger partial charge in [-0.1, -0.05) is 20.3 Å². The van der Waals surface area contributed by atoms with Crippen molar-refractivity contribution in [2.75, 3.05) is 26.2 Å². The van der Waals surface area contributed by atoms with Crippen molar-refractivity contribution in [2.24, 2.45) is 5.92 Å². The highest BCUT2D eigenvalue weighted by Gasteiger charge is 2.28. The summed E-state index contributed by atoms with van der Waals surface area (Å²) in [4.78, 5) is 17.1. The number of aromatic nitrogens is 2. The van der Waals surface area contributed by atoms with Crippen molar-refractivity contribution in [1.82, 2.24) is 19.6 Å². The molecular formula is C18H30N4O. The summed E-state index contributed by atoms with van der Waals surface area (Å²) in [5, 5.41) is 4.52. The Kier molecular flexibility index (Phi) is 5.36. The summed E-state index contributed by atoms with van der Waals surface area (Å²) in [7, 11) is 0. The Morgan fingerprint density at radius 1 is 1.30 bits per heavy atom. The molecule has 0 aliphatic carbocycles. The van der Waals surface area contributed by atoms with Crippen LogP contribution in [0.4, 0.5) is 0 Å². The van der Waals surface area contributed by atoms with E-state index in [9.17, 15) is 4.79 Å². The maximum atomic E-state index is 12.5. The number of nitrogens with zero attached hydrogens (tertiary/aromatic N) is 4. The van der Waals surface area contributed by atoms with Gasteiger partial charge in [0.2, 0.25) is 5.91 Å². The van der Waals surface area contributed by atoms with Gasteiger partial charge in [-0.3, -0.25) is 9.48 Å². The first kappa shape index (κ1) is 16.5. The summed E-state index contributed by atoms with van der Waals surface area (Å²) in [6, 6.07) is 2.38. The van der Waals surface area contributed by atoms with Crippen LogP contribution in [0.5, 0.6) is 0 Å². The van der Waals surface area contributed by atoms with Gasteiger partial charge in [-0.2, -0.15) is 5.10 Å². The van der Waals surface area contributed by atoms with Gasteiger partial charge in [0.05, 0.1) is 18.3 Å². The summed E-state index contributed by atoms with van der Waals surface area (Å²) in [5.74, 6) is 0.705. The molecule has 128 valence electrons. The zero-order valence-electron chi connectivity index (χ0n) is 14.6. The molecule has 3 rings (SSSR count). The molecule has 0 saturated carbocycles. The monoisotopic (exact) mass is 318 g/mol. The topological polar surface area (TPSA) is 41.4 Å². The molecule has 1 fully saturated rings. The molecule has 1 saturated heterocycles. The Hall–Kier alpha value is -1.36. The van der Waals surface area contributed by atoms with Gasteiger partial charge in [0, 0.05) is 25.7 Å². The Labute approximate surface area is 139 Å². The highest BCUT2D eigenvalue weighted by atomic mass is 16.2. The molecule has 2 aliphatic rings. The largest absolute Gasteiger partial charge is 0.335 e. The van der Waals surface area contributed by atoms with Crippen LogP contribution < -0.4 is 0 Å². The summed E-state index contributed by atoms with van der Waals surface area (Å²) in [6.45, 7) is 9.33. The van der Waals surface area contributed by atoms with Crippen LogP contribution in [0.1, 0.15) is 57.7 Å². The van der Waals surface area contributed by atoms with Crippen LogP contribution in [0, 0.1) is 5.92 Å². The first-order chi connectivity index (χ1) is 11.1. The van der Waals surface area contributed by atoms with Crippen molar-refractivity contribution in [3.8, 4) is 0 Å². The van der Waals surface area contributed by atoms with Crippen LogP contribution in [0.3, 0.4) is 0 Å². The van der Waals surface area contributed by atoms with E-state index in [0.717, 1.165) is 19.5 Å². The summed E-state index contributed by atoms with van der Waals surface area (Å²) in [6.07, 6.45) is 7.64. The van der Waals surface area contributed by atoms with Gasteiger partial charge in [0.1, 0.15) is 0 Å². The lowest BCUT2D eigenvalue weighted by molar-refractivity contribution is -0.134. The standard InChI is InChI=1S/C18H30N4O/c1-15(2)12-18(23)21-13-16-6-8-19-22(16)17(14-21)7-11-20-9-4-3-5-10-20/h6,8,15,17H,3-5,7,9-14H2,1-2H3/t17-/m0/s1. The fourth-order valence-corrected chi connectivity index (χ4v) is 3.78. The van der Waals surface area contributed by atoms with Crippen molar-refractivity contribution in [2.45, 2.75) is 58.5 Å². The van der Waals surface area contributed by atoms with Crippen LogP contribution in [-0.4, -0.2) is 51.7 Å². The van der Waals surface area contributed by atoms with Crippen molar-refractivity contribution >= 4 is 5.91 Å². The molecule has 1 aromatic rings. The van der Waals surface area contributed by atoms with Gasteiger partial charge in [0.15, 0.2) is 0 Å². The zero-order valence-corrected chi connectivity index (χ0v) is 14.6. The second kappa shape index (κ2) is 7.47. The predicted octanol–water partition coefficient (Wildman–Crippen LogP) is 2.69. The Balaban J connectivity index is 1.63. The minimum Gasteiger partial charge on any atom is -0.335 e. The van der Waals surface area contributed by atoms with Crippen LogP contribution >= 0.6 is 0 Å². The van der Waals surface area contributed by atoms with Crippen LogP contribution in [-0.2, 0) is 11.3 Å². The van der Waals surface area contributed by atoms with Crippen molar-refractivity contribution in [3.63, 3.8) is 0 Å². The molecular weight excluding hydrogens is 288 g/mol. The first-order valence-corrected chi connectivity index (χ1v) is 9.16. The molecule has 3 heterocycles. The molecule has 5 nitrogen and oxygen atoms in total. The van der Waals surface area contributed by atoms with E-state index in [-0.39, 0.29) is 5.91 Å². The third kappa shape index (κ3) is 4.14. The second-order valence-corrected chi connectivity index (χ2v) is 7.48. The minimum absolute atomic E-state index is 0.287. The molecule has 0 bridgehead atoms. The number of fused-ring (bicyclic) bond motifs is 1. The summed E-state index contributed by atoms with van der Waals surface area (Å²) >= 11 is 0. The highest BCUT2D eigenvalue weighted by Crippen LogP contribution is 2.25. The number of carbonyl (C=O) groups excluding carboxylic acids is 1. The Morgan fingerprint density at radius 2 is 2.09 bits per heavy atom. The fourth-order valence-electron chi connectivity index (χ4n) is 3.78. The maximum absolute atomic E-state index is 12.5. The van der Waals surface area contributed by atoms with Gasteiger partial charge in [-0.25, -0.2) is 0 Å². The molecule has 2 aliphatic heterocycles. The average molecular weight is 318 g/mol. The van der Waals surface area contributed by atoms with E-state index >= 15 is 0 Å². The van der Waals surface area contributed by atoms with E-state index in [1.165, 1.54) is 38.0 Å². The normalized spacial score (nSPS) is 22.4. The van der Waals surface area contributed by atoms with Gasteiger partial charge < -0.3 is 9.80 Å². The zero-order chi connectivity index (χ0) is 16.2. The number of piperidine rings is 1. The van der Waals surface area contributed by atoms with E-state index in [4.69, 9.17) is 0 Å². The lowest BCUT2D eigenvalue weighted by Gasteiger charge is -2.36. The molecule has 0 radical (unpaired) electrons. The molecule has 23 heavy (non-hydrogen) atoms. The van der Waals surface area contributed by atoms with E-state index < -0.39 is 0 Å². The number of hydrogen-bond donors (Lipinski definition) is 0. The van der Waals surface area contributed by atoms with E-state index in [1.54, 1.807) is 0 Å². The molecule has 1 amide bonds. The highest BCUT2D eigenvalue weighted by molar-refractivity contribution is 5.76. The van der Waals surface area contributed by atoms with Crippen molar-refractivity contribution in [1.29, 1.82) is 0 Å². The number of likely N-dealkylation sites (tertiary alicyclic amines) is 1. The molecule has 0 spiro atoms. The van der Waals surface area contributed by atoms with Crippen molar-refractivity contribution in [3.05, 3.63) is 18.0 Å². The van der Waals surface area contributed by atoms with Crippen LogP contribution in [0.25, 0.3) is 0 Å². The molecule has 5 heteroatoms. The summed E-state index contributed by atoms with van der Waals surface area (Å²) in [5.41, 5.74) is 1.18. The lowest BCUT2D eigenvalue weighted by atomic mass is 10.1. The molecule has 0 unspecified atom stereocenters. The Morgan fingerprint density at radius 3 is 2.83 bits per heavy atom. The third-order valence-electron chi connectivity index (χ3n) is 5.04.